The van der Waals surface area contributed by atoms with Gasteiger partial charge in [0, 0.05) is 31.5 Å². The molecule has 0 aliphatic carbocycles. The van der Waals surface area contributed by atoms with E-state index in [1.54, 1.807) is 0 Å². The van der Waals surface area contributed by atoms with E-state index in [4.69, 9.17) is 5.73 Å². The van der Waals surface area contributed by atoms with Gasteiger partial charge >= 0.3 is 0 Å². The van der Waals surface area contributed by atoms with Crippen molar-refractivity contribution in [1.29, 1.82) is 0 Å². The number of rotatable bonds is 5. The molecule has 0 aliphatic rings. The Labute approximate surface area is 96.5 Å². The van der Waals surface area contributed by atoms with Gasteiger partial charge in [-0.05, 0) is 6.07 Å². The third-order valence-corrected chi connectivity index (χ3v) is 2.09. The third-order valence-electron chi connectivity index (χ3n) is 2.09. The van der Waals surface area contributed by atoms with Gasteiger partial charge in [-0.2, -0.15) is 0 Å². The minimum Gasteiger partial charge on any atom is -0.364 e. The zero-order valence-corrected chi connectivity index (χ0v) is 9.31. The Morgan fingerprint density at radius 1 is 1.35 bits per heavy atom. The highest BCUT2D eigenvalue weighted by atomic mass is 19.1. The normalized spacial score (nSPS) is 14.4. The number of ether oxygens (including phenoxy) is 2. The van der Waals surface area contributed by atoms with Gasteiger partial charge in [-0.15, -0.1) is 0 Å². The molecule has 0 saturated heterocycles. The molecule has 5 nitrogen and oxygen atoms in total. The topological polar surface area (TPSA) is 74.4 Å². The number of nitrogens with zero attached hydrogens (tertiary/aromatic N) is 1. The van der Waals surface area contributed by atoms with Crippen molar-refractivity contribution < 1.29 is 23.0 Å². The van der Waals surface area contributed by atoms with E-state index in [1.165, 1.54) is 0 Å². The molecular weight excluding hydrogens is 234 g/mol. The number of methoxy groups -OCH3 is 2. The Bertz CT molecular complexity index is 415. The quantitative estimate of drug-likeness (QED) is 0.852. The van der Waals surface area contributed by atoms with Crippen molar-refractivity contribution in [2.24, 2.45) is 5.73 Å². The molecule has 0 fully saturated rings. The number of amides is 1. The zero-order valence-electron chi connectivity index (χ0n) is 9.31. The van der Waals surface area contributed by atoms with Gasteiger partial charge in [0.15, 0.2) is 0 Å². The lowest BCUT2D eigenvalue weighted by molar-refractivity contribution is -0.0127. The van der Waals surface area contributed by atoms with Crippen LogP contribution in [0.5, 0.6) is 0 Å². The lowest BCUT2D eigenvalue weighted by atomic mass is 10.1. The van der Waals surface area contributed by atoms with Gasteiger partial charge in [0.2, 0.25) is 12.7 Å². The van der Waals surface area contributed by atoms with Crippen molar-refractivity contribution in [1.82, 2.24) is 4.98 Å². The summed E-state index contributed by atoms with van der Waals surface area (Å²) in [6.45, 7) is 0. The molecular formula is C10H12F2N2O3. The average molecular weight is 246 g/mol. The minimum atomic E-state index is -1.91. The van der Waals surface area contributed by atoms with Crippen molar-refractivity contribution in [3.05, 3.63) is 29.1 Å². The van der Waals surface area contributed by atoms with Gasteiger partial charge in [-0.3, -0.25) is 9.78 Å². The summed E-state index contributed by atoms with van der Waals surface area (Å²) in [6.07, 6.45) is -2.61. The number of halogens is 2. The average Bonchev–Trinajstić information content (AvgIpc) is 2.35. The number of alkyl halides is 2. The van der Waals surface area contributed by atoms with Crippen LogP contribution in [0.25, 0.3) is 0 Å². The number of hydrogen-bond acceptors (Lipinski definition) is 4. The Hall–Kier alpha value is -1.60. The molecule has 7 heteroatoms. The Morgan fingerprint density at radius 2 is 1.94 bits per heavy atom. The third kappa shape index (κ3) is 2.95. The van der Waals surface area contributed by atoms with E-state index < -0.39 is 18.6 Å². The van der Waals surface area contributed by atoms with Crippen LogP contribution in [0.1, 0.15) is 34.3 Å². The van der Waals surface area contributed by atoms with E-state index >= 15 is 0 Å². The molecule has 2 unspecified atom stereocenters. The van der Waals surface area contributed by atoms with Crippen LogP contribution < -0.4 is 5.73 Å². The molecule has 0 saturated carbocycles. The maximum atomic E-state index is 13.4. The minimum absolute atomic E-state index is 0.0211. The SMILES string of the molecule is COC(F)c1cnc(C(N)=O)c(C(F)OC)c1. The summed E-state index contributed by atoms with van der Waals surface area (Å²) in [5.41, 5.74) is 4.47. The highest BCUT2D eigenvalue weighted by molar-refractivity contribution is 5.92. The molecule has 2 N–H and O–H groups in total. The fourth-order valence-electron chi connectivity index (χ4n) is 1.26. The van der Waals surface area contributed by atoms with E-state index in [0.29, 0.717) is 0 Å². The van der Waals surface area contributed by atoms with Crippen LogP contribution in [0.2, 0.25) is 0 Å². The number of pyridine rings is 1. The molecule has 94 valence electrons. The van der Waals surface area contributed by atoms with Crippen LogP contribution >= 0.6 is 0 Å². The van der Waals surface area contributed by atoms with Crippen molar-refractivity contribution in [3.8, 4) is 0 Å². The second kappa shape index (κ2) is 5.65. The van der Waals surface area contributed by atoms with Crippen molar-refractivity contribution >= 4 is 5.91 Å². The van der Waals surface area contributed by atoms with Gasteiger partial charge in [-0.1, -0.05) is 0 Å². The van der Waals surface area contributed by atoms with Crippen molar-refractivity contribution in [2.45, 2.75) is 12.7 Å². The van der Waals surface area contributed by atoms with Gasteiger partial charge in [-0.25, -0.2) is 8.78 Å². The first-order chi connectivity index (χ1) is 8.01. The lowest BCUT2D eigenvalue weighted by Crippen LogP contribution is -2.18. The number of carbonyl (C=O) groups excluding carboxylic acids is 1. The number of nitrogens with two attached hydrogens (primary N) is 1. The van der Waals surface area contributed by atoms with Crippen LogP contribution in [0.15, 0.2) is 12.3 Å². The molecule has 1 aromatic rings. The number of carbonyl (C=O) groups is 1. The van der Waals surface area contributed by atoms with E-state index in [1.807, 2.05) is 0 Å². The Kier molecular flexibility index (Phi) is 4.47. The van der Waals surface area contributed by atoms with Gasteiger partial charge in [0.1, 0.15) is 5.69 Å². The van der Waals surface area contributed by atoms with Crippen LogP contribution in [0, 0.1) is 0 Å². The van der Waals surface area contributed by atoms with E-state index in [0.717, 1.165) is 26.5 Å². The summed E-state index contributed by atoms with van der Waals surface area (Å²) in [7, 11) is 2.25. The summed E-state index contributed by atoms with van der Waals surface area (Å²) in [5.74, 6) is -0.918. The predicted octanol–water partition coefficient (Wildman–Crippen LogP) is 1.41. The molecule has 17 heavy (non-hydrogen) atoms. The van der Waals surface area contributed by atoms with Crippen LogP contribution in [-0.4, -0.2) is 25.1 Å². The second-order valence-corrected chi connectivity index (χ2v) is 3.17. The largest absolute Gasteiger partial charge is 0.364 e. The summed E-state index contributed by atoms with van der Waals surface area (Å²) >= 11 is 0. The first-order valence-corrected chi connectivity index (χ1v) is 4.64. The lowest BCUT2D eigenvalue weighted by Gasteiger charge is -2.12. The van der Waals surface area contributed by atoms with Crippen molar-refractivity contribution in [2.75, 3.05) is 14.2 Å². The summed E-state index contributed by atoms with van der Waals surface area (Å²) < 4.78 is 35.4. The smallest absolute Gasteiger partial charge is 0.267 e. The Morgan fingerprint density at radius 3 is 2.41 bits per heavy atom. The molecule has 0 aliphatic heterocycles. The summed E-state index contributed by atoms with van der Waals surface area (Å²) in [5, 5.41) is 0. The van der Waals surface area contributed by atoms with Crippen molar-refractivity contribution in [3.63, 3.8) is 0 Å². The number of primary amides is 1. The molecule has 0 aromatic carbocycles. The zero-order chi connectivity index (χ0) is 13.0. The highest BCUT2D eigenvalue weighted by Crippen LogP contribution is 2.25. The Balaban J connectivity index is 3.23. The number of hydrogen-bond donors (Lipinski definition) is 1. The molecule has 0 bridgehead atoms. The molecule has 1 amide bonds. The molecule has 1 heterocycles. The maximum absolute atomic E-state index is 13.4. The fourth-order valence-corrected chi connectivity index (χ4v) is 1.26. The monoisotopic (exact) mass is 246 g/mol. The molecule has 2 atom stereocenters. The maximum Gasteiger partial charge on any atom is 0.267 e. The van der Waals surface area contributed by atoms with E-state index in [9.17, 15) is 13.6 Å². The molecule has 0 radical (unpaired) electrons. The van der Waals surface area contributed by atoms with Crippen LogP contribution in [-0.2, 0) is 9.47 Å². The molecule has 0 spiro atoms. The first-order valence-electron chi connectivity index (χ1n) is 4.64. The van der Waals surface area contributed by atoms with Gasteiger partial charge in [0.05, 0.1) is 0 Å². The predicted molar refractivity (Wildman–Crippen MR) is 54.5 cm³/mol. The van der Waals surface area contributed by atoms with E-state index in [2.05, 4.69) is 14.5 Å². The summed E-state index contributed by atoms with van der Waals surface area (Å²) in [4.78, 5) is 14.6. The fraction of sp³-hybridized carbons (Fsp3) is 0.400. The van der Waals surface area contributed by atoms with Crippen LogP contribution in [0.3, 0.4) is 0 Å². The van der Waals surface area contributed by atoms with Gasteiger partial charge < -0.3 is 15.2 Å². The number of aromatic nitrogens is 1. The van der Waals surface area contributed by atoms with Crippen LogP contribution in [0.4, 0.5) is 8.78 Å². The molecule has 1 aromatic heterocycles. The summed E-state index contributed by atoms with van der Waals surface area (Å²) in [6, 6.07) is 1.09. The first kappa shape index (κ1) is 13.5. The highest BCUT2D eigenvalue weighted by Gasteiger charge is 2.21. The second-order valence-electron chi connectivity index (χ2n) is 3.17. The molecule has 1 rings (SSSR count). The van der Waals surface area contributed by atoms with E-state index in [-0.39, 0.29) is 16.8 Å². The standard InChI is InChI=1S/C10H12F2N2O3/c1-16-8(11)5-3-6(9(12)17-2)7(10(13)15)14-4-5/h3-4,8-9H,1-2H3,(H2,13,15). The van der Waals surface area contributed by atoms with Gasteiger partial charge in [0.25, 0.3) is 5.91 Å².